The Hall–Kier alpha value is -2.71. The molecule has 1 aliphatic heterocycles. The van der Waals surface area contributed by atoms with Crippen molar-refractivity contribution in [2.24, 2.45) is 0 Å². The number of hydrazine groups is 1. The number of hydrogen-bond donors (Lipinski definition) is 3. The van der Waals surface area contributed by atoms with Gasteiger partial charge >= 0.3 is 0 Å². The minimum Gasteiger partial charge on any atom is -0.493 e. The van der Waals surface area contributed by atoms with Gasteiger partial charge in [0.1, 0.15) is 19.0 Å². The molecule has 0 aromatic heterocycles. The molecular formula is C20H22ClN3O4S. The van der Waals surface area contributed by atoms with Crippen molar-refractivity contribution in [3.8, 4) is 17.2 Å². The van der Waals surface area contributed by atoms with Crippen LogP contribution in [0, 0.1) is 6.92 Å². The third-order valence-electron chi connectivity index (χ3n) is 4.06. The van der Waals surface area contributed by atoms with E-state index in [0.29, 0.717) is 49.2 Å². The largest absolute Gasteiger partial charge is 0.493 e. The number of aryl methyl sites for hydroxylation is 1. The molecule has 3 rings (SSSR count). The predicted molar refractivity (Wildman–Crippen MR) is 116 cm³/mol. The van der Waals surface area contributed by atoms with E-state index < -0.39 is 0 Å². The Labute approximate surface area is 179 Å². The van der Waals surface area contributed by atoms with Crippen molar-refractivity contribution in [1.82, 2.24) is 10.9 Å². The van der Waals surface area contributed by atoms with E-state index in [2.05, 4.69) is 16.2 Å². The monoisotopic (exact) mass is 435 g/mol. The Morgan fingerprint density at radius 1 is 1.14 bits per heavy atom. The standard InChI is InChI=1S/C20H22ClN3O4S/c1-13-11-14(21)4-6-16(13)26-8-2-3-19(25)23-24-20(29)22-15-5-7-17-18(12-15)28-10-9-27-17/h4-7,11-12H,2-3,8-10H2,1H3,(H,23,25)(H2,22,24,29). The van der Waals surface area contributed by atoms with Crippen LogP contribution >= 0.6 is 23.8 Å². The van der Waals surface area contributed by atoms with Crippen molar-refractivity contribution in [3.63, 3.8) is 0 Å². The molecule has 29 heavy (non-hydrogen) atoms. The van der Waals surface area contributed by atoms with Gasteiger partial charge in [-0.3, -0.25) is 15.6 Å². The van der Waals surface area contributed by atoms with E-state index in [1.54, 1.807) is 18.2 Å². The molecule has 0 fully saturated rings. The van der Waals surface area contributed by atoms with Gasteiger partial charge in [-0.15, -0.1) is 0 Å². The number of anilines is 1. The highest BCUT2D eigenvalue weighted by Crippen LogP contribution is 2.32. The zero-order valence-corrected chi connectivity index (χ0v) is 17.5. The van der Waals surface area contributed by atoms with Crippen LogP contribution in [0.1, 0.15) is 18.4 Å². The lowest BCUT2D eigenvalue weighted by atomic mass is 10.2. The second-order valence-electron chi connectivity index (χ2n) is 6.35. The fraction of sp³-hybridized carbons (Fsp3) is 0.300. The zero-order valence-electron chi connectivity index (χ0n) is 15.9. The van der Waals surface area contributed by atoms with Crippen LogP contribution in [0.5, 0.6) is 17.2 Å². The van der Waals surface area contributed by atoms with Gasteiger partial charge in [0, 0.05) is 23.2 Å². The first-order valence-electron chi connectivity index (χ1n) is 9.16. The summed E-state index contributed by atoms with van der Waals surface area (Å²) in [4.78, 5) is 11.9. The molecule has 7 nitrogen and oxygen atoms in total. The average Bonchev–Trinajstić information content (AvgIpc) is 2.71. The Morgan fingerprint density at radius 2 is 1.93 bits per heavy atom. The van der Waals surface area contributed by atoms with Gasteiger partial charge in [0.15, 0.2) is 16.6 Å². The summed E-state index contributed by atoms with van der Waals surface area (Å²) in [6.07, 6.45) is 0.865. The summed E-state index contributed by atoms with van der Waals surface area (Å²) >= 11 is 11.1. The van der Waals surface area contributed by atoms with Crippen molar-refractivity contribution >= 4 is 40.5 Å². The first-order chi connectivity index (χ1) is 14.0. The number of benzene rings is 2. The van der Waals surface area contributed by atoms with Gasteiger partial charge in [-0.1, -0.05) is 11.6 Å². The van der Waals surface area contributed by atoms with Crippen LogP contribution in [0.2, 0.25) is 5.02 Å². The molecule has 0 unspecified atom stereocenters. The number of thiocarbonyl (C=S) groups is 1. The van der Waals surface area contributed by atoms with Gasteiger partial charge in [-0.2, -0.15) is 0 Å². The quantitative estimate of drug-likeness (QED) is 0.363. The normalized spacial score (nSPS) is 12.1. The Kier molecular flexibility index (Phi) is 7.37. The molecule has 0 saturated carbocycles. The number of hydrogen-bond acceptors (Lipinski definition) is 5. The smallest absolute Gasteiger partial charge is 0.238 e. The van der Waals surface area contributed by atoms with Gasteiger partial charge in [-0.05, 0) is 61.5 Å². The molecule has 0 spiro atoms. The Morgan fingerprint density at radius 3 is 2.72 bits per heavy atom. The molecule has 0 bridgehead atoms. The van der Waals surface area contributed by atoms with Crippen molar-refractivity contribution in [3.05, 3.63) is 47.0 Å². The van der Waals surface area contributed by atoms with Crippen molar-refractivity contribution < 1.29 is 19.0 Å². The first kappa shape index (κ1) is 21.0. The summed E-state index contributed by atoms with van der Waals surface area (Å²) in [5, 5.41) is 3.92. The molecule has 3 N–H and O–H groups in total. The van der Waals surface area contributed by atoms with E-state index >= 15 is 0 Å². The fourth-order valence-corrected chi connectivity index (χ4v) is 3.06. The van der Waals surface area contributed by atoms with Crippen LogP contribution in [0.3, 0.4) is 0 Å². The van der Waals surface area contributed by atoms with Gasteiger partial charge in [-0.25, -0.2) is 0 Å². The van der Waals surface area contributed by atoms with Crippen LogP contribution in [0.15, 0.2) is 36.4 Å². The van der Waals surface area contributed by atoms with E-state index in [9.17, 15) is 4.79 Å². The third-order valence-corrected chi connectivity index (χ3v) is 4.50. The van der Waals surface area contributed by atoms with Crippen LogP contribution in [-0.2, 0) is 4.79 Å². The fourth-order valence-electron chi connectivity index (χ4n) is 2.66. The van der Waals surface area contributed by atoms with Crippen LogP contribution < -0.4 is 30.4 Å². The van der Waals surface area contributed by atoms with E-state index in [1.807, 2.05) is 25.1 Å². The number of nitrogens with one attached hydrogen (secondary N) is 3. The Balaban J connectivity index is 1.34. The Bertz CT molecular complexity index is 894. The lowest BCUT2D eigenvalue weighted by Gasteiger charge is -2.19. The number of fused-ring (bicyclic) bond motifs is 1. The van der Waals surface area contributed by atoms with Crippen molar-refractivity contribution in [1.29, 1.82) is 0 Å². The number of ether oxygens (including phenoxy) is 3. The molecule has 154 valence electrons. The summed E-state index contributed by atoms with van der Waals surface area (Å²) in [5.74, 6) is 1.93. The maximum Gasteiger partial charge on any atom is 0.238 e. The minimum atomic E-state index is -0.187. The van der Waals surface area contributed by atoms with Crippen LogP contribution in [-0.4, -0.2) is 30.8 Å². The van der Waals surface area contributed by atoms with Gasteiger partial charge in [0.05, 0.1) is 6.61 Å². The maximum atomic E-state index is 11.9. The summed E-state index contributed by atoms with van der Waals surface area (Å²) in [6.45, 7) is 3.40. The minimum absolute atomic E-state index is 0.187. The highest BCUT2D eigenvalue weighted by molar-refractivity contribution is 7.80. The molecule has 2 aromatic carbocycles. The lowest BCUT2D eigenvalue weighted by molar-refractivity contribution is -0.121. The van der Waals surface area contributed by atoms with Crippen molar-refractivity contribution in [2.75, 3.05) is 25.1 Å². The number of rotatable bonds is 6. The summed E-state index contributed by atoms with van der Waals surface area (Å²) in [5.41, 5.74) is 6.93. The predicted octanol–water partition coefficient (Wildman–Crippen LogP) is 3.60. The molecular weight excluding hydrogens is 414 g/mol. The average molecular weight is 436 g/mol. The van der Waals surface area contributed by atoms with E-state index in [-0.39, 0.29) is 11.0 Å². The van der Waals surface area contributed by atoms with Gasteiger partial charge in [0.2, 0.25) is 5.91 Å². The molecule has 1 aliphatic rings. The second kappa shape index (κ2) is 10.2. The van der Waals surface area contributed by atoms with Crippen molar-refractivity contribution in [2.45, 2.75) is 19.8 Å². The molecule has 0 saturated heterocycles. The summed E-state index contributed by atoms with van der Waals surface area (Å²) in [7, 11) is 0. The SMILES string of the molecule is Cc1cc(Cl)ccc1OCCCC(=O)NNC(=S)Nc1ccc2c(c1)OCCO2. The van der Waals surface area contributed by atoms with E-state index in [0.717, 1.165) is 17.0 Å². The summed E-state index contributed by atoms with van der Waals surface area (Å²) in [6, 6.07) is 10.8. The molecule has 1 amide bonds. The maximum absolute atomic E-state index is 11.9. The van der Waals surface area contributed by atoms with E-state index in [4.69, 9.17) is 38.0 Å². The van der Waals surface area contributed by atoms with E-state index in [1.165, 1.54) is 0 Å². The molecule has 0 aliphatic carbocycles. The number of carbonyl (C=O) groups is 1. The number of halogens is 1. The summed E-state index contributed by atoms with van der Waals surface area (Å²) < 4.78 is 16.7. The highest BCUT2D eigenvalue weighted by atomic mass is 35.5. The first-order valence-corrected chi connectivity index (χ1v) is 9.94. The topological polar surface area (TPSA) is 80.9 Å². The molecule has 1 heterocycles. The van der Waals surface area contributed by atoms with Crippen LogP contribution in [0.25, 0.3) is 0 Å². The van der Waals surface area contributed by atoms with Gasteiger partial charge < -0.3 is 19.5 Å². The molecule has 9 heteroatoms. The molecule has 2 aromatic rings. The lowest BCUT2D eigenvalue weighted by Crippen LogP contribution is -2.43. The zero-order chi connectivity index (χ0) is 20.6. The van der Waals surface area contributed by atoms with Gasteiger partial charge in [0.25, 0.3) is 0 Å². The molecule has 0 atom stereocenters. The van der Waals surface area contributed by atoms with Crippen LogP contribution in [0.4, 0.5) is 5.69 Å². The number of carbonyl (C=O) groups excluding carboxylic acids is 1. The molecule has 0 radical (unpaired) electrons. The number of amides is 1. The highest BCUT2D eigenvalue weighted by Gasteiger charge is 2.12. The third kappa shape index (κ3) is 6.40. The second-order valence-corrected chi connectivity index (χ2v) is 7.19.